The summed E-state index contributed by atoms with van der Waals surface area (Å²) in [4.78, 5) is 11.9. The molecule has 0 unspecified atom stereocenters. The van der Waals surface area contributed by atoms with Gasteiger partial charge in [0, 0.05) is 19.8 Å². The highest BCUT2D eigenvalue weighted by molar-refractivity contribution is 5.92. The quantitative estimate of drug-likeness (QED) is 0.852. The Balaban J connectivity index is 2.56. The van der Waals surface area contributed by atoms with Gasteiger partial charge >= 0.3 is 0 Å². The van der Waals surface area contributed by atoms with Crippen molar-refractivity contribution < 1.29 is 4.79 Å². The van der Waals surface area contributed by atoms with Gasteiger partial charge in [-0.3, -0.25) is 9.48 Å². The lowest BCUT2D eigenvalue weighted by Gasteiger charge is -2.25. The van der Waals surface area contributed by atoms with Crippen molar-refractivity contribution in [3.05, 3.63) is 18.0 Å². The van der Waals surface area contributed by atoms with Gasteiger partial charge in [0.05, 0.1) is 0 Å². The number of amides is 1. The maximum Gasteiger partial charge on any atom is 0.269 e. The number of carbonyl (C=O) groups excluding carboxylic acids is 1. The van der Waals surface area contributed by atoms with Crippen molar-refractivity contribution in [2.45, 2.75) is 27.7 Å². The molecule has 0 aliphatic heterocycles. The third-order valence-corrected chi connectivity index (χ3v) is 3.26. The second-order valence-electron chi connectivity index (χ2n) is 5.20. The molecular formula is C13H23N3O. The predicted molar refractivity (Wildman–Crippen MR) is 68.7 cm³/mol. The van der Waals surface area contributed by atoms with Gasteiger partial charge < -0.3 is 5.32 Å². The maximum absolute atomic E-state index is 11.9. The summed E-state index contributed by atoms with van der Waals surface area (Å²) in [6.07, 6.45) is 1.64. The van der Waals surface area contributed by atoms with E-state index in [1.54, 1.807) is 24.0 Å². The lowest BCUT2D eigenvalue weighted by molar-refractivity contribution is 0.0927. The lowest BCUT2D eigenvalue weighted by Crippen LogP contribution is -2.34. The van der Waals surface area contributed by atoms with Gasteiger partial charge in [-0.2, -0.15) is 5.10 Å². The van der Waals surface area contributed by atoms with Crippen molar-refractivity contribution in [2.75, 3.05) is 6.54 Å². The summed E-state index contributed by atoms with van der Waals surface area (Å²) in [6, 6.07) is 1.73. The molecular weight excluding hydrogens is 214 g/mol. The van der Waals surface area contributed by atoms with Gasteiger partial charge in [0.15, 0.2) is 0 Å². The minimum absolute atomic E-state index is 0.0451. The number of rotatable bonds is 5. The van der Waals surface area contributed by atoms with Crippen molar-refractivity contribution in [2.24, 2.45) is 24.8 Å². The topological polar surface area (TPSA) is 46.9 Å². The van der Waals surface area contributed by atoms with Crippen LogP contribution in [0.4, 0.5) is 0 Å². The molecule has 1 amide bonds. The van der Waals surface area contributed by atoms with E-state index in [1.165, 1.54) is 0 Å². The van der Waals surface area contributed by atoms with E-state index < -0.39 is 0 Å². The molecule has 0 saturated carbocycles. The molecule has 0 spiro atoms. The van der Waals surface area contributed by atoms with Gasteiger partial charge in [-0.25, -0.2) is 0 Å². The van der Waals surface area contributed by atoms with Crippen LogP contribution in [0.3, 0.4) is 0 Å². The summed E-state index contributed by atoms with van der Waals surface area (Å²) in [6.45, 7) is 9.50. The van der Waals surface area contributed by atoms with Gasteiger partial charge in [0.25, 0.3) is 5.91 Å². The monoisotopic (exact) mass is 237 g/mol. The highest BCUT2D eigenvalue weighted by atomic mass is 16.2. The second-order valence-corrected chi connectivity index (χ2v) is 5.20. The Morgan fingerprint density at radius 2 is 1.94 bits per heavy atom. The fourth-order valence-electron chi connectivity index (χ4n) is 2.14. The average Bonchev–Trinajstić information content (AvgIpc) is 2.63. The smallest absolute Gasteiger partial charge is 0.269 e. The number of aryl methyl sites for hydroxylation is 1. The molecule has 17 heavy (non-hydrogen) atoms. The van der Waals surface area contributed by atoms with E-state index in [4.69, 9.17) is 0 Å². The highest BCUT2D eigenvalue weighted by Gasteiger charge is 2.19. The van der Waals surface area contributed by atoms with Crippen LogP contribution in [-0.2, 0) is 7.05 Å². The van der Waals surface area contributed by atoms with Crippen LogP contribution in [0.25, 0.3) is 0 Å². The molecule has 0 aliphatic rings. The Morgan fingerprint density at radius 1 is 1.35 bits per heavy atom. The summed E-state index contributed by atoms with van der Waals surface area (Å²) in [5.41, 5.74) is 0.608. The van der Waals surface area contributed by atoms with Crippen molar-refractivity contribution >= 4 is 5.91 Å². The molecule has 0 aromatic carbocycles. The molecule has 4 heteroatoms. The van der Waals surface area contributed by atoms with Crippen molar-refractivity contribution in [3.8, 4) is 0 Å². The molecule has 1 heterocycles. The normalized spacial score (nSPS) is 11.5. The van der Waals surface area contributed by atoms with E-state index in [0.29, 0.717) is 23.4 Å². The highest BCUT2D eigenvalue weighted by Crippen LogP contribution is 2.19. The lowest BCUT2D eigenvalue weighted by atomic mass is 9.85. The zero-order valence-corrected chi connectivity index (χ0v) is 11.4. The van der Waals surface area contributed by atoms with E-state index in [-0.39, 0.29) is 5.91 Å². The van der Waals surface area contributed by atoms with Crippen molar-refractivity contribution in [1.29, 1.82) is 0 Å². The molecule has 4 nitrogen and oxygen atoms in total. The Kier molecular flexibility index (Phi) is 4.73. The summed E-state index contributed by atoms with van der Waals surface area (Å²) in [7, 11) is 1.78. The molecule has 1 rings (SSSR count). The van der Waals surface area contributed by atoms with E-state index in [9.17, 15) is 4.79 Å². The number of hydrogen-bond donors (Lipinski definition) is 1. The van der Waals surface area contributed by atoms with Gasteiger partial charge in [-0.15, -0.1) is 0 Å². The molecule has 0 atom stereocenters. The minimum atomic E-state index is -0.0451. The zero-order valence-electron chi connectivity index (χ0n) is 11.4. The zero-order chi connectivity index (χ0) is 13.0. The molecule has 0 fully saturated rings. The largest absolute Gasteiger partial charge is 0.350 e. The third-order valence-electron chi connectivity index (χ3n) is 3.26. The van der Waals surface area contributed by atoms with Crippen LogP contribution in [0.1, 0.15) is 38.2 Å². The molecule has 0 radical (unpaired) electrons. The van der Waals surface area contributed by atoms with Gasteiger partial charge in [0.2, 0.25) is 0 Å². The molecule has 1 aromatic heterocycles. The number of hydrogen-bond acceptors (Lipinski definition) is 2. The first kappa shape index (κ1) is 13.7. The van der Waals surface area contributed by atoms with Crippen molar-refractivity contribution in [1.82, 2.24) is 15.1 Å². The third kappa shape index (κ3) is 3.58. The average molecular weight is 237 g/mol. The van der Waals surface area contributed by atoms with Gasteiger partial charge in [-0.1, -0.05) is 27.7 Å². The van der Waals surface area contributed by atoms with Crippen LogP contribution in [0.15, 0.2) is 12.3 Å². The SMILES string of the molecule is CC(C)C(CNC(=O)c1ccnn1C)C(C)C. The van der Waals surface area contributed by atoms with Crippen LogP contribution in [0.2, 0.25) is 0 Å². The number of nitrogens with zero attached hydrogens (tertiary/aromatic N) is 2. The number of nitrogens with one attached hydrogen (secondary N) is 1. The first-order chi connectivity index (χ1) is 7.93. The fraction of sp³-hybridized carbons (Fsp3) is 0.692. The van der Waals surface area contributed by atoms with Crippen LogP contribution in [-0.4, -0.2) is 22.2 Å². The summed E-state index contributed by atoms with van der Waals surface area (Å²) in [5.74, 6) is 1.60. The van der Waals surface area contributed by atoms with Crippen LogP contribution in [0, 0.1) is 17.8 Å². The Hall–Kier alpha value is -1.32. The van der Waals surface area contributed by atoms with Gasteiger partial charge in [-0.05, 0) is 23.8 Å². The van der Waals surface area contributed by atoms with E-state index in [0.717, 1.165) is 6.54 Å². The van der Waals surface area contributed by atoms with Crippen LogP contribution >= 0.6 is 0 Å². The number of aromatic nitrogens is 2. The maximum atomic E-state index is 11.9. The molecule has 1 aromatic rings. The van der Waals surface area contributed by atoms with Crippen LogP contribution in [0.5, 0.6) is 0 Å². The Morgan fingerprint density at radius 3 is 2.35 bits per heavy atom. The number of carbonyl (C=O) groups is 1. The fourth-order valence-corrected chi connectivity index (χ4v) is 2.14. The summed E-state index contributed by atoms with van der Waals surface area (Å²) >= 11 is 0. The van der Waals surface area contributed by atoms with Gasteiger partial charge in [0.1, 0.15) is 5.69 Å². The predicted octanol–water partition coefficient (Wildman–Crippen LogP) is 2.08. The first-order valence-corrected chi connectivity index (χ1v) is 6.19. The van der Waals surface area contributed by atoms with E-state index in [1.807, 2.05) is 0 Å². The van der Waals surface area contributed by atoms with E-state index >= 15 is 0 Å². The van der Waals surface area contributed by atoms with E-state index in [2.05, 4.69) is 38.1 Å². The molecule has 0 saturated heterocycles. The second kappa shape index (κ2) is 5.84. The summed E-state index contributed by atoms with van der Waals surface area (Å²) in [5, 5.41) is 6.98. The molecule has 96 valence electrons. The molecule has 0 bridgehead atoms. The standard InChI is InChI=1S/C13H23N3O/c1-9(2)11(10(3)4)8-14-13(17)12-6-7-15-16(12)5/h6-7,9-11H,8H2,1-5H3,(H,14,17). The molecule has 1 N–H and O–H groups in total. The molecule has 0 aliphatic carbocycles. The Labute approximate surface area is 103 Å². The first-order valence-electron chi connectivity index (χ1n) is 6.19. The van der Waals surface area contributed by atoms with Crippen LogP contribution < -0.4 is 5.32 Å². The van der Waals surface area contributed by atoms with Crippen molar-refractivity contribution in [3.63, 3.8) is 0 Å². The Bertz CT molecular complexity index is 360. The summed E-state index contributed by atoms with van der Waals surface area (Å²) < 4.78 is 1.59. The minimum Gasteiger partial charge on any atom is -0.350 e.